The van der Waals surface area contributed by atoms with Crippen LogP contribution in [-0.2, 0) is 11.2 Å². The Morgan fingerprint density at radius 1 is 1.52 bits per heavy atom. The third-order valence-electron chi connectivity index (χ3n) is 4.42. The lowest BCUT2D eigenvalue weighted by Gasteiger charge is -2.33. The molecule has 0 saturated carbocycles. The Morgan fingerprint density at radius 3 is 2.91 bits per heavy atom. The smallest absolute Gasteiger partial charge is 0.239 e. The van der Waals surface area contributed by atoms with Crippen LogP contribution in [0, 0.1) is 0 Å². The summed E-state index contributed by atoms with van der Waals surface area (Å²) in [6.07, 6.45) is 3.27. The number of piperidine rings is 1. The van der Waals surface area contributed by atoms with Gasteiger partial charge < -0.3 is 15.3 Å². The fourth-order valence-electron chi connectivity index (χ4n) is 3.18. The second-order valence-electron chi connectivity index (χ2n) is 6.00. The van der Waals surface area contributed by atoms with E-state index in [2.05, 4.69) is 22.6 Å². The van der Waals surface area contributed by atoms with Gasteiger partial charge in [0.15, 0.2) is 0 Å². The minimum atomic E-state index is -0.384. The number of nitrogens with one attached hydrogen (secondary N) is 1. The molecule has 3 rings (SSSR count). The summed E-state index contributed by atoms with van der Waals surface area (Å²) in [6, 6.07) is -0.207. The highest BCUT2D eigenvalue weighted by atomic mass is 35.5. The summed E-state index contributed by atoms with van der Waals surface area (Å²) in [6.45, 7) is 4.24. The van der Waals surface area contributed by atoms with Crippen LogP contribution in [0.4, 0.5) is 0 Å². The van der Waals surface area contributed by atoms with Crippen LogP contribution < -0.4 is 5.32 Å². The van der Waals surface area contributed by atoms with Crippen molar-refractivity contribution < 1.29 is 9.90 Å². The van der Waals surface area contributed by atoms with Crippen molar-refractivity contribution in [3.8, 4) is 0 Å². The van der Waals surface area contributed by atoms with Crippen molar-refractivity contribution in [1.82, 2.24) is 15.2 Å². The Morgan fingerprint density at radius 2 is 2.30 bits per heavy atom. The summed E-state index contributed by atoms with van der Waals surface area (Å²) < 4.78 is 0. The maximum Gasteiger partial charge on any atom is 0.239 e. The normalized spacial score (nSPS) is 27.2. The number of aryl methyl sites for hydroxylation is 1. The van der Waals surface area contributed by atoms with Gasteiger partial charge in [-0.2, -0.15) is 0 Å². The summed E-state index contributed by atoms with van der Waals surface area (Å²) in [7, 11) is 0. The topological polar surface area (TPSA) is 65.5 Å². The van der Waals surface area contributed by atoms with Gasteiger partial charge >= 0.3 is 0 Å². The molecule has 2 N–H and O–H groups in total. The summed E-state index contributed by atoms with van der Waals surface area (Å²) in [5.74, 6) is 0.517. The van der Waals surface area contributed by atoms with Gasteiger partial charge in [-0.25, -0.2) is 4.98 Å². The summed E-state index contributed by atoms with van der Waals surface area (Å²) in [5, 5.41) is 16.0. The average Bonchev–Trinajstić information content (AvgIpc) is 3.15. The molecule has 2 fully saturated rings. The molecule has 1 aromatic rings. The average molecular weight is 382 g/mol. The lowest BCUT2D eigenvalue weighted by atomic mass is 9.98. The van der Waals surface area contributed by atoms with E-state index < -0.39 is 0 Å². The van der Waals surface area contributed by atoms with Gasteiger partial charge in [0, 0.05) is 30.9 Å². The van der Waals surface area contributed by atoms with Crippen LogP contribution in [0.25, 0.3) is 0 Å². The van der Waals surface area contributed by atoms with Crippen molar-refractivity contribution in [2.45, 2.75) is 50.7 Å². The molecule has 2 saturated heterocycles. The molecule has 5 nitrogen and oxygen atoms in total. The first-order chi connectivity index (χ1) is 10.2. The van der Waals surface area contributed by atoms with Crippen molar-refractivity contribution in [1.29, 1.82) is 0 Å². The zero-order chi connectivity index (χ0) is 14.8. The van der Waals surface area contributed by atoms with E-state index in [0.717, 1.165) is 38.0 Å². The molecule has 0 aromatic carbocycles. The number of rotatable bonds is 3. The monoisotopic (exact) mass is 381 g/mol. The fraction of sp³-hybridized carbons (Fsp3) is 0.733. The molecular formula is C15H25Cl2N3O2S. The highest BCUT2D eigenvalue weighted by Gasteiger charge is 2.34. The Labute approximate surface area is 153 Å². The third kappa shape index (κ3) is 4.79. The molecule has 8 heteroatoms. The zero-order valence-electron chi connectivity index (χ0n) is 13.2. The molecule has 23 heavy (non-hydrogen) atoms. The molecule has 0 radical (unpaired) electrons. The van der Waals surface area contributed by atoms with Crippen LogP contribution in [0.5, 0.6) is 0 Å². The molecule has 0 bridgehead atoms. The van der Waals surface area contributed by atoms with E-state index in [1.54, 1.807) is 11.3 Å². The van der Waals surface area contributed by atoms with Crippen LogP contribution in [0.1, 0.15) is 42.8 Å². The van der Waals surface area contributed by atoms with Gasteiger partial charge in [-0.3, -0.25) is 4.79 Å². The lowest BCUT2D eigenvalue weighted by molar-refractivity contribution is -0.134. The van der Waals surface area contributed by atoms with Crippen molar-refractivity contribution in [3.05, 3.63) is 16.1 Å². The zero-order valence-corrected chi connectivity index (χ0v) is 15.7. The van der Waals surface area contributed by atoms with Gasteiger partial charge in [0.2, 0.25) is 5.91 Å². The van der Waals surface area contributed by atoms with Crippen LogP contribution in [0.2, 0.25) is 0 Å². The van der Waals surface area contributed by atoms with E-state index >= 15 is 0 Å². The molecule has 3 heterocycles. The van der Waals surface area contributed by atoms with E-state index in [9.17, 15) is 9.90 Å². The van der Waals surface area contributed by atoms with Crippen LogP contribution in [0.3, 0.4) is 0 Å². The first-order valence-corrected chi connectivity index (χ1v) is 8.70. The van der Waals surface area contributed by atoms with Crippen molar-refractivity contribution in [2.24, 2.45) is 0 Å². The number of aliphatic hydroxyl groups is 1. The molecular weight excluding hydrogens is 357 g/mol. The fourth-order valence-corrected chi connectivity index (χ4v) is 4.21. The number of hydrogen-bond acceptors (Lipinski definition) is 5. The Kier molecular flexibility index (Phi) is 8.24. The minimum absolute atomic E-state index is 0. The number of likely N-dealkylation sites (tertiary alicyclic amines) is 1. The predicted octanol–water partition coefficient (Wildman–Crippen LogP) is 1.98. The molecule has 1 amide bonds. The first-order valence-electron chi connectivity index (χ1n) is 7.82. The summed E-state index contributed by atoms with van der Waals surface area (Å²) in [5.41, 5.74) is 1.15. The van der Waals surface area contributed by atoms with Crippen molar-refractivity contribution in [2.75, 3.05) is 19.6 Å². The quantitative estimate of drug-likeness (QED) is 0.839. The number of amides is 1. The standard InChI is InChI=1S/C15H23N3O2S.2ClH/c1-2-11-9-21-14(17-11)10-4-3-5-18(8-10)15(20)13-6-12(19)7-16-13;;/h9-10,12-13,16,19H,2-8H2,1H3;2*1H. The van der Waals surface area contributed by atoms with Gasteiger partial charge in [0.1, 0.15) is 0 Å². The molecule has 0 aliphatic carbocycles. The molecule has 3 unspecified atom stereocenters. The van der Waals surface area contributed by atoms with E-state index in [1.807, 2.05) is 4.90 Å². The number of β-amino-alcohol motifs (C(OH)–C–C–N with tert-alkyl or cyclic N) is 1. The molecule has 1 aromatic heterocycles. The minimum Gasteiger partial charge on any atom is -0.392 e. The largest absolute Gasteiger partial charge is 0.392 e. The number of hydrogen-bond donors (Lipinski definition) is 2. The van der Waals surface area contributed by atoms with Gasteiger partial charge in [-0.1, -0.05) is 6.92 Å². The number of carbonyl (C=O) groups excluding carboxylic acids is 1. The molecule has 2 aliphatic heterocycles. The number of thiazole rings is 1. The van der Waals surface area contributed by atoms with E-state index in [0.29, 0.717) is 18.9 Å². The first kappa shape index (κ1) is 20.6. The number of nitrogens with zero attached hydrogens (tertiary/aromatic N) is 2. The van der Waals surface area contributed by atoms with E-state index in [4.69, 9.17) is 0 Å². The summed E-state index contributed by atoms with van der Waals surface area (Å²) >= 11 is 1.72. The third-order valence-corrected chi connectivity index (χ3v) is 5.48. The van der Waals surface area contributed by atoms with Gasteiger partial charge in [-0.05, 0) is 25.7 Å². The van der Waals surface area contributed by atoms with Crippen molar-refractivity contribution in [3.63, 3.8) is 0 Å². The molecule has 2 aliphatic rings. The Balaban J connectivity index is 0.00000132. The number of halogens is 2. The lowest BCUT2D eigenvalue weighted by Crippen LogP contribution is -2.47. The maximum atomic E-state index is 12.5. The van der Waals surface area contributed by atoms with E-state index in [-0.39, 0.29) is 42.9 Å². The SMILES string of the molecule is CCc1csc(C2CCCN(C(=O)C3CC(O)CN3)C2)n1.Cl.Cl. The number of aliphatic hydroxyl groups excluding tert-OH is 1. The van der Waals surface area contributed by atoms with Crippen molar-refractivity contribution >= 4 is 42.1 Å². The predicted molar refractivity (Wildman–Crippen MR) is 97.0 cm³/mol. The molecule has 0 spiro atoms. The number of carbonyl (C=O) groups is 1. The summed E-state index contributed by atoms with van der Waals surface area (Å²) in [4.78, 5) is 19.2. The highest BCUT2D eigenvalue weighted by Crippen LogP contribution is 2.30. The van der Waals surface area contributed by atoms with Crippen LogP contribution in [-0.4, -0.2) is 52.7 Å². The Bertz CT molecular complexity index is 515. The van der Waals surface area contributed by atoms with Gasteiger partial charge in [0.05, 0.1) is 22.8 Å². The van der Waals surface area contributed by atoms with E-state index in [1.165, 1.54) is 5.01 Å². The van der Waals surface area contributed by atoms with Crippen LogP contribution >= 0.6 is 36.2 Å². The second-order valence-corrected chi connectivity index (χ2v) is 6.89. The van der Waals surface area contributed by atoms with Gasteiger partial charge in [-0.15, -0.1) is 36.2 Å². The molecule has 132 valence electrons. The maximum absolute atomic E-state index is 12.5. The highest BCUT2D eigenvalue weighted by molar-refractivity contribution is 7.09. The molecule has 3 atom stereocenters. The second kappa shape index (κ2) is 9.18. The van der Waals surface area contributed by atoms with Crippen LogP contribution in [0.15, 0.2) is 5.38 Å². The number of aromatic nitrogens is 1. The van der Waals surface area contributed by atoms with Gasteiger partial charge in [0.25, 0.3) is 0 Å². The Hall–Kier alpha value is -0.400.